The molecular formula is C17H16ClNO2. The number of halogens is 1. The van der Waals surface area contributed by atoms with Gasteiger partial charge in [0, 0.05) is 5.56 Å². The molecule has 2 atom stereocenters. The van der Waals surface area contributed by atoms with Gasteiger partial charge < -0.3 is 14.8 Å². The molecule has 1 heterocycles. The largest absolute Gasteiger partial charge is 0.497 e. The summed E-state index contributed by atoms with van der Waals surface area (Å²) >= 11 is 6.27. The van der Waals surface area contributed by atoms with Crippen molar-refractivity contribution >= 4 is 17.3 Å². The monoisotopic (exact) mass is 301 g/mol. The zero-order chi connectivity index (χ0) is 14.4. The number of fused-ring (bicyclic) bond motifs is 4. The Morgan fingerprint density at radius 3 is 3.05 bits per heavy atom. The van der Waals surface area contributed by atoms with Crippen molar-refractivity contribution in [2.24, 2.45) is 0 Å². The van der Waals surface area contributed by atoms with Crippen molar-refractivity contribution in [2.45, 2.75) is 25.0 Å². The highest BCUT2D eigenvalue weighted by Crippen LogP contribution is 2.45. The summed E-state index contributed by atoms with van der Waals surface area (Å²) in [6, 6.07) is 12.3. The third-order valence-corrected chi connectivity index (χ3v) is 4.60. The molecule has 0 spiro atoms. The van der Waals surface area contributed by atoms with Crippen LogP contribution in [0.2, 0.25) is 5.02 Å². The van der Waals surface area contributed by atoms with E-state index >= 15 is 0 Å². The maximum Gasteiger partial charge on any atom is 0.162 e. The Bertz CT molecular complexity index is 701. The average Bonchev–Trinajstić information content (AvgIpc) is 2.53. The Kier molecular flexibility index (Phi) is 2.96. The predicted molar refractivity (Wildman–Crippen MR) is 83.5 cm³/mol. The number of anilines is 1. The third kappa shape index (κ3) is 2.04. The number of nitrogens with one attached hydrogen (secondary N) is 1. The average molecular weight is 302 g/mol. The van der Waals surface area contributed by atoms with E-state index in [1.807, 2.05) is 24.3 Å². The molecule has 1 N–H and O–H groups in total. The SMILES string of the molecule is COc1ccc2c(c1)C1Oc3c(Cl)cccc3NC1CC2. The molecule has 0 fully saturated rings. The maximum atomic E-state index is 6.27. The Hall–Kier alpha value is -1.87. The second kappa shape index (κ2) is 4.85. The van der Waals surface area contributed by atoms with E-state index in [0.29, 0.717) is 5.02 Å². The molecule has 4 rings (SSSR count). The van der Waals surface area contributed by atoms with Crippen molar-refractivity contribution in [3.05, 3.63) is 52.5 Å². The van der Waals surface area contributed by atoms with E-state index in [4.69, 9.17) is 21.1 Å². The quantitative estimate of drug-likeness (QED) is 0.856. The summed E-state index contributed by atoms with van der Waals surface area (Å²) in [7, 11) is 1.69. The van der Waals surface area contributed by atoms with Crippen LogP contribution in [0.3, 0.4) is 0 Å². The predicted octanol–water partition coefficient (Wildman–Crippen LogP) is 4.21. The van der Waals surface area contributed by atoms with Crippen molar-refractivity contribution < 1.29 is 9.47 Å². The fraction of sp³-hybridized carbons (Fsp3) is 0.294. The molecule has 0 radical (unpaired) electrons. The van der Waals surface area contributed by atoms with Crippen LogP contribution >= 0.6 is 11.6 Å². The van der Waals surface area contributed by atoms with Gasteiger partial charge in [0.05, 0.1) is 23.9 Å². The number of hydrogen-bond donors (Lipinski definition) is 1. The minimum absolute atomic E-state index is 0.0174. The molecule has 1 aliphatic heterocycles. The lowest BCUT2D eigenvalue weighted by atomic mass is 9.84. The molecule has 0 saturated carbocycles. The summed E-state index contributed by atoms with van der Waals surface area (Å²) < 4.78 is 11.6. The van der Waals surface area contributed by atoms with Crippen LogP contribution in [0.1, 0.15) is 23.7 Å². The lowest BCUT2D eigenvalue weighted by Crippen LogP contribution is -2.38. The van der Waals surface area contributed by atoms with Gasteiger partial charge in [0.2, 0.25) is 0 Å². The lowest BCUT2D eigenvalue weighted by molar-refractivity contribution is 0.157. The maximum absolute atomic E-state index is 6.27. The van der Waals surface area contributed by atoms with Gasteiger partial charge in [-0.05, 0) is 42.7 Å². The number of rotatable bonds is 1. The topological polar surface area (TPSA) is 30.5 Å². The van der Waals surface area contributed by atoms with Crippen LogP contribution < -0.4 is 14.8 Å². The van der Waals surface area contributed by atoms with Crippen LogP contribution in [0.4, 0.5) is 5.69 Å². The third-order valence-electron chi connectivity index (χ3n) is 4.30. The zero-order valence-electron chi connectivity index (χ0n) is 11.7. The molecule has 0 bridgehead atoms. The number of aryl methyl sites for hydroxylation is 1. The zero-order valence-corrected chi connectivity index (χ0v) is 12.5. The van der Waals surface area contributed by atoms with Crippen molar-refractivity contribution in [3.8, 4) is 11.5 Å². The second-order valence-corrected chi connectivity index (χ2v) is 5.92. The van der Waals surface area contributed by atoms with Gasteiger partial charge in [0.1, 0.15) is 11.9 Å². The standard InChI is InChI=1S/C17H16ClNO2/c1-20-11-7-5-10-6-8-15-16(12(10)9-11)21-17-13(18)3-2-4-14(17)19-15/h2-5,7,9,15-16,19H,6,8H2,1H3. The summed E-state index contributed by atoms with van der Waals surface area (Å²) in [6.45, 7) is 0. The molecule has 1 aliphatic carbocycles. The van der Waals surface area contributed by atoms with Crippen LogP contribution in [0.15, 0.2) is 36.4 Å². The Balaban J connectivity index is 1.79. The summed E-state index contributed by atoms with van der Waals surface area (Å²) in [5.41, 5.74) is 3.51. The molecule has 2 aromatic rings. The molecule has 2 unspecified atom stereocenters. The fourth-order valence-electron chi connectivity index (χ4n) is 3.23. The van der Waals surface area contributed by atoms with Crippen LogP contribution in [-0.4, -0.2) is 13.2 Å². The van der Waals surface area contributed by atoms with E-state index in [1.165, 1.54) is 11.1 Å². The van der Waals surface area contributed by atoms with Gasteiger partial charge in [-0.15, -0.1) is 0 Å². The van der Waals surface area contributed by atoms with Crippen molar-refractivity contribution in [1.82, 2.24) is 0 Å². The molecule has 0 aromatic heterocycles. The van der Waals surface area contributed by atoms with Gasteiger partial charge in [-0.2, -0.15) is 0 Å². The Morgan fingerprint density at radius 1 is 1.29 bits per heavy atom. The smallest absolute Gasteiger partial charge is 0.162 e. The molecule has 0 amide bonds. The van der Waals surface area contributed by atoms with E-state index < -0.39 is 0 Å². The van der Waals surface area contributed by atoms with Gasteiger partial charge >= 0.3 is 0 Å². The van der Waals surface area contributed by atoms with Crippen LogP contribution in [0, 0.1) is 0 Å². The summed E-state index contributed by atoms with van der Waals surface area (Å²) in [5.74, 6) is 1.61. The van der Waals surface area contributed by atoms with Crippen LogP contribution in [0.5, 0.6) is 11.5 Å². The minimum atomic E-state index is -0.0174. The van der Waals surface area contributed by atoms with Gasteiger partial charge in [-0.25, -0.2) is 0 Å². The molecule has 2 aromatic carbocycles. The molecular weight excluding hydrogens is 286 g/mol. The Morgan fingerprint density at radius 2 is 2.19 bits per heavy atom. The van der Waals surface area contributed by atoms with Gasteiger partial charge in [0.15, 0.2) is 5.75 Å². The Labute approximate surface area is 128 Å². The molecule has 4 heteroatoms. The first-order chi connectivity index (χ1) is 10.3. The summed E-state index contributed by atoms with van der Waals surface area (Å²) in [5, 5.41) is 4.21. The van der Waals surface area contributed by atoms with E-state index in [9.17, 15) is 0 Å². The van der Waals surface area contributed by atoms with Crippen molar-refractivity contribution in [2.75, 3.05) is 12.4 Å². The summed E-state index contributed by atoms with van der Waals surface area (Å²) in [4.78, 5) is 0. The molecule has 108 valence electrons. The number of methoxy groups -OCH3 is 1. The van der Waals surface area contributed by atoms with Gasteiger partial charge in [0.25, 0.3) is 0 Å². The normalized spacial score (nSPS) is 22.2. The highest BCUT2D eigenvalue weighted by Gasteiger charge is 2.36. The highest BCUT2D eigenvalue weighted by molar-refractivity contribution is 6.32. The summed E-state index contributed by atoms with van der Waals surface area (Å²) in [6.07, 6.45) is 2.08. The molecule has 2 aliphatic rings. The first-order valence-corrected chi connectivity index (χ1v) is 7.52. The number of ether oxygens (including phenoxy) is 2. The molecule has 21 heavy (non-hydrogen) atoms. The first kappa shape index (κ1) is 12.8. The minimum Gasteiger partial charge on any atom is -0.497 e. The van der Waals surface area contributed by atoms with E-state index in [0.717, 1.165) is 30.0 Å². The molecule has 3 nitrogen and oxygen atoms in total. The molecule has 0 saturated heterocycles. The van der Waals surface area contributed by atoms with Crippen LogP contribution in [-0.2, 0) is 6.42 Å². The van der Waals surface area contributed by atoms with Crippen molar-refractivity contribution in [3.63, 3.8) is 0 Å². The lowest BCUT2D eigenvalue weighted by Gasteiger charge is -2.39. The van der Waals surface area contributed by atoms with Crippen LogP contribution in [0.25, 0.3) is 0 Å². The highest BCUT2D eigenvalue weighted by atomic mass is 35.5. The van der Waals surface area contributed by atoms with Crippen molar-refractivity contribution in [1.29, 1.82) is 0 Å². The fourth-order valence-corrected chi connectivity index (χ4v) is 3.45. The van der Waals surface area contributed by atoms with E-state index in [2.05, 4.69) is 17.4 Å². The number of para-hydroxylation sites is 1. The van der Waals surface area contributed by atoms with E-state index in [1.54, 1.807) is 7.11 Å². The number of hydrogen-bond acceptors (Lipinski definition) is 3. The second-order valence-electron chi connectivity index (χ2n) is 5.51. The van der Waals surface area contributed by atoms with Gasteiger partial charge in [-0.1, -0.05) is 23.7 Å². The number of benzene rings is 2. The van der Waals surface area contributed by atoms with Gasteiger partial charge in [-0.3, -0.25) is 0 Å². The first-order valence-electron chi connectivity index (χ1n) is 7.15. The van der Waals surface area contributed by atoms with E-state index in [-0.39, 0.29) is 12.1 Å².